The molecule has 1 saturated carbocycles. The van der Waals surface area contributed by atoms with Crippen LogP contribution in [-0.4, -0.2) is 41.9 Å². The Labute approximate surface area is 186 Å². The summed E-state index contributed by atoms with van der Waals surface area (Å²) in [6.45, 7) is 0. The third-order valence-corrected chi connectivity index (χ3v) is 8.32. The fraction of sp³-hybridized carbons (Fsp3) is 0.318. The standard InChI is InChI=1S/C22H24N4O3S2/c1-26(18-12-6-3-7-13-18)31(28,29)19-14-8-11-17(15-19)20(27)23-22-25-24-21(30-22)16-9-4-2-5-10-16/h2,4-5,8-11,14-15,18H,3,6-7,12-13H2,1H3,(H,23,25,27). The highest BCUT2D eigenvalue weighted by Gasteiger charge is 2.29. The van der Waals surface area contributed by atoms with E-state index in [0.29, 0.717) is 10.1 Å². The normalized spacial score (nSPS) is 15.2. The van der Waals surface area contributed by atoms with Gasteiger partial charge in [-0.25, -0.2) is 8.42 Å². The Morgan fingerprint density at radius 2 is 1.77 bits per heavy atom. The number of nitrogens with one attached hydrogen (secondary N) is 1. The van der Waals surface area contributed by atoms with Gasteiger partial charge in [-0.15, -0.1) is 10.2 Å². The average Bonchev–Trinajstić information content (AvgIpc) is 3.28. The molecular weight excluding hydrogens is 432 g/mol. The van der Waals surface area contributed by atoms with E-state index in [9.17, 15) is 13.2 Å². The van der Waals surface area contributed by atoms with Crippen molar-refractivity contribution in [2.45, 2.75) is 43.0 Å². The maximum absolute atomic E-state index is 13.1. The van der Waals surface area contributed by atoms with Gasteiger partial charge in [0.1, 0.15) is 5.01 Å². The van der Waals surface area contributed by atoms with Crippen LogP contribution in [0.3, 0.4) is 0 Å². The number of nitrogens with zero attached hydrogens (tertiary/aromatic N) is 3. The number of hydrogen-bond donors (Lipinski definition) is 1. The molecule has 4 rings (SSSR count). The third kappa shape index (κ3) is 4.84. The molecule has 0 saturated heterocycles. The van der Waals surface area contributed by atoms with E-state index in [1.54, 1.807) is 19.2 Å². The summed E-state index contributed by atoms with van der Waals surface area (Å²) in [5.41, 5.74) is 1.17. The first-order valence-corrected chi connectivity index (χ1v) is 12.5. The Morgan fingerprint density at radius 1 is 1.03 bits per heavy atom. The monoisotopic (exact) mass is 456 g/mol. The van der Waals surface area contributed by atoms with Crippen LogP contribution in [0.5, 0.6) is 0 Å². The van der Waals surface area contributed by atoms with Gasteiger partial charge in [0.2, 0.25) is 15.2 Å². The SMILES string of the molecule is CN(C1CCCCC1)S(=O)(=O)c1cccc(C(=O)Nc2nnc(-c3ccccc3)s2)c1. The summed E-state index contributed by atoms with van der Waals surface area (Å²) in [7, 11) is -2.04. The Bertz CT molecular complexity index is 1160. The second-order valence-corrected chi connectivity index (χ2v) is 10.5. The van der Waals surface area contributed by atoms with Crippen LogP contribution < -0.4 is 5.32 Å². The van der Waals surface area contributed by atoms with E-state index in [-0.39, 0.29) is 16.5 Å². The minimum atomic E-state index is -3.67. The molecule has 1 aliphatic rings. The minimum Gasteiger partial charge on any atom is -0.296 e. The Hall–Kier alpha value is -2.62. The van der Waals surface area contributed by atoms with Crippen molar-refractivity contribution >= 4 is 32.4 Å². The lowest BCUT2D eigenvalue weighted by atomic mass is 9.96. The first-order chi connectivity index (χ1) is 14.9. The summed E-state index contributed by atoms with van der Waals surface area (Å²) in [6.07, 6.45) is 4.98. The quantitative estimate of drug-likeness (QED) is 0.593. The third-order valence-electron chi connectivity index (χ3n) is 5.53. The molecule has 3 aromatic rings. The highest BCUT2D eigenvalue weighted by atomic mass is 32.2. The molecule has 0 unspecified atom stereocenters. The lowest BCUT2D eigenvalue weighted by molar-refractivity contribution is 0.102. The molecule has 0 spiro atoms. The number of amides is 1. The Morgan fingerprint density at radius 3 is 2.52 bits per heavy atom. The molecule has 162 valence electrons. The first-order valence-electron chi connectivity index (χ1n) is 10.2. The Balaban J connectivity index is 1.50. The summed E-state index contributed by atoms with van der Waals surface area (Å²) in [5, 5.41) is 11.9. The van der Waals surface area contributed by atoms with E-state index in [1.807, 2.05) is 30.3 Å². The number of benzene rings is 2. The molecule has 1 aromatic heterocycles. The molecule has 9 heteroatoms. The molecule has 1 amide bonds. The van der Waals surface area contributed by atoms with Gasteiger partial charge >= 0.3 is 0 Å². The summed E-state index contributed by atoms with van der Waals surface area (Å²) in [4.78, 5) is 12.9. The second kappa shape index (κ2) is 9.25. The van der Waals surface area contributed by atoms with E-state index < -0.39 is 15.9 Å². The molecular formula is C22H24N4O3S2. The van der Waals surface area contributed by atoms with Crippen molar-refractivity contribution in [2.75, 3.05) is 12.4 Å². The maximum Gasteiger partial charge on any atom is 0.257 e. The van der Waals surface area contributed by atoms with Gasteiger partial charge in [0.25, 0.3) is 5.91 Å². The van der Waals surface area contributed by atoms with Crippen LogP contribution in [0.2, 0.25) is 0 Å². The fourth-order valence-corrected chi connectivity index (χ4v) is 5.95. The molecule has 0 aliphatic heterocycles. The van der Waals surface area contributed by atoms with Crippen LogP contribution in [0.15, 0.2) is 59.5 Å². The minimum absolute atomic E-state index is 0.00836. The molecule has 2 aromatic carbocycles. The van der Waals surface area contributed by atoms with Crippen LogP contribution in [0.25, 0.3) is 10.6 Å². The number of carbonyl (C=O) groups is 1. The lowest BCUT2D eigenvalue weighted by Gasteiger charge is -2.30. The number of aromatic nitrogens is 2. The van der Waals surface area contributed by atoms with Gasteiger partial charge in [0.05, 0.1) is 4.90 Å². The molecule has 1 N–H and O–H groups in total. The van der Waals surface area contributed by atoms with Crippen molar-refractivity contribution in [1.29, 1.82) is 0 Å². The smallest absolute Gasteiger partial charge is 0.257 e. The summed E-state index contributed by atoms with van der Waals surface area (Å²) >= 11 is 1.26. The van der Waals surface area contributed by atoms with Gasteiger partial charge < -0.3 is 0 Å². The summed E-state index contributed by atoms with van der Waals surface area (Å²) < 4.78 is 27.7. The zero-order valence-electron chi connectivity index (χ0n) is 17.2. The van der Waals surface area contributed by atoms with Crippen molar-refractivity contribution in [3.05, 3.63) is 60.2 Å². The lowest BCUT2D eigenvalue weighted by Crippen LogP contribution is -2.38. The predicted molar refractivity (Wildman–Crippen MR) is 122 cm³/mol. The van der Waals surface area contributed by atoms with Crippen molar-refractivity contribution < 1.29 is 13.2 Å². The molecule has 0 radical (unpaired) electrons. The van der Waals surface area contributed by atoms with E-state index >= 15 is 0 Å². The maximum atomic E-state index is 13.1. The molecule has 1 fully saturated rings. The molecule has 0 atom stereocenters. The average molecular weight is 457 g/mol. The van der Waals surface area contributed by atoms with Gasteiger partial charge in [0.15, 0.2) is 0 Å². The highest BCUT2D eigenvalue weighted by molar-refractivity contribution is 7.89. The number of sulfonamides is 1. The summed E-state index contributed by atoms with van der Waals surface area (Å²) in [6, 6.07) is 15.7. The molecule has 1 aliphatic carbocycles. The largest absolute Gasteiger partial charge is 0.296 e. The van der Waals surface area contributed by atoms with Gasteiger partial charge in [0, 0.05) is 24.2 Å². The topological polar surface area (TPSA) is 92.3 Å². The highest BCUT2D eigenvalue weighted by Crippen LogP contribution is 2.28. The number of anilines is 1. The van der Waals surface area contributed by atoms with Gasteiger partial charge in [-0.2, -0.15) is 4.31 Å². The molecule has 1 heterocycles. The van der Waals surface area contributed by atoms with Crippen LogP contribution in [-0.2, 0) is 10.0 Å². The zero-order chi connectivity index (χ0) is 21.8. The van der Waals surface area contributed by atoms with Crippen molar-refractivity contribution in [3.63, 3.8) is 0 Å². The first kappa shape index (κ1) is 21.6. The van der Waals surface area contributed by atoms with Crippen LogP contribution in [0.1, 0.15) is 42.5 Å². The fourth-order valence-electron chi connectivity index (χ4n) is 3.75. The van der Waals surface area contributed by atoms with E-state index in [0.717, 1.165) is 37.7 Å². The van der Waals surface area contributed by atoms with Crippen LogP contribution in [0.4, 0.5) is 5.13 Å². The second-order valence-electron chi connectivity index (χ2n) is 7.57. The van der Waals surface area contributed by atoms with Crippen molar-refractivity contribution in [1.82, 2.24) is 14.5 Å². The number of rotatable bonds is 6. The van der Waals surface area contributed by atoms with Crippen molar-refractivity contribution in [3.8, 4) is 10.6 Å². The van der Waals surface area contributed by atoms with E-state index in [4.69, 9.17) is 0 Å². The predicted octanol–water partition coefficient (Wildman–Crippen LogP) is 4.41. The van der Waals surface area contributed by atoms with Crippen LogP contribution in [0, 0.1) is 0 Å². The molecule has 7 nitrogen and oxygen atoms in total. The zero-order valence-corrected chi connectivity index (χ0v) is 18.8. The van der Waals surface area contributed by atoms with E-state index in [1.165, 1.54) is 27.8 Å². The van der Waals surface area contributed by atoms with Crippen molar-refractivity contribution in [2.24, 2.45) is 0 Å². The van der Waals surface area contributed by atoms with E-state index in [2.05, 4.69) is 15.5 Å². The Kier molecular flexibility index (Phi) is 6.45. The van der Waals surface area contributed by atoms with Gasteiger partial charge in [-0.1, -0.05) is 67.0 Å². The number of hydrogen-bond acceptors (Lipinski definition) is 6. The molecule has 31 heavy (non-hydrogen) atoms. The summed E-state index contributed by atoms with van der Waals surface area (Å²) in [5.74, 6) is -0.423. The van der Waals surface area contributed by atoms with Gasteiger partial charge in [-0.3, -0.25) is 10.1 Å². The van der Waals surface area contributed by atoms with Crippen LogP contribution >= 0.6 is 11.3 Å². The molecule has 0 bridgehead atoms. The number of carbonyl (C=O) groups excluding carboxylic acids is 1. The van der Waals surface area contributed by atoms with Gasteiger partial charge in [-0.05, 0) is 31.0 Å².